The van der Waals surface area contributed by atoms with Gasteiger partial charge in [-0.2, -0.15) is 0 Å². The summed E-state index contributed by atoms with van der Waals surface area (Å²) < 4.78 is 8.98. The maximum atomic E-state index is 12.1. The zero-order valence-corrected chi connectivity index (χ0v) is 13.1. The molecule has 0 fully saturated rings. The van der Waals surface area contributed by atoms with Gasteiger partial charge in [-0.25, -0.2) is 13.9 Å². The molecule has 1 unspecified atom stereocenters. The van der Waals surface area contributed by atoms with Crippen LogP contribution in [0.15, 0.2) is 49.1 Å². The summed E-state index contributed by atoms with van der Waals surface area (Å²) in [5.41, 5.74) is 1.10. The summed E-state index contributed by atoms with van der Waals surface area (Å²) in [6, 6.07) is 9.64. The molecule has 0 N–H and O–H groups in total. The highest BCUT2D eigenvalue weighted by atomic mass is 16.5. The number of nitrogens with zero attached hydrogens (tertiary/aromatic N) is 2. The maximum Gasteiger partial charge on any atom is 0.351 e. The summed E-state index contributed by atoms with van der Waals surface area (Å²) in [4.78, 5) is 12.1. The molecule has 0 aliphatic heterocycles. The molecule has 0 saturated heterocycles. The fourth-order valence-electron chi connectivity index (χ4n) is 2.23. The van der Waals surface area contributed by atoms with Crippen molar-refractivity contribution in [2.24, 2.45) is 0 Å². The van der Waals surface area contributed by atoms with Gasteiger partial charge < -0.3 is 4.74 Å². The number of hydrogen-bond acceptors (Lipinski definition) is 2. The summed E-state index contributed by atoms with van der Waals surface area (Å²) in [6.07, 6.45) is 6.49. The van der Waals surface area contributed by atoms with Crippen molar-refractivity contribution in [3.05, 3.63) is 54.6 Å². The molecule has 4 heteroatoms. The van der Waals surface area contributed by atoms with Crippen LogP contribution in [0.3, 0.4) is 0 Å². The zero-order chi connectivity index (χ0) is 15.5. The number of benzene rings is 1. The fraction of sp³-hybridized carbons (Fsp3) is 0.412. The molecule has 21 heavy (non-hydrogen) atoms. The predicted molar refractivity (Wildman–Crippen MR) is 80.8 cm³/mol. The lowest BCUT2D eigenvalue weighted by Crippen LogP contribution is -2.44. The number of imidazole rings is 1. The lowest BCUT2D eigenvalue weighted by Gasteiger charge is -2.15. The van der Waals surface area contributed by atoms with Crippen molar-refractivity contribution < 1.29 is 14.1 Å². The minimum atomic E-state index is -0.346. The Kier molecular flexibility index (Phi) is 4.46. The molecule has 1 aromatic heterocycles. The van der Waals surface area contributed by atoms with E-state index in [1.165, 1.54) is 7.11 Å². The lowest BCUT2D eigenvalue weighted by atomic mass is 10.1. The molecule has 4 nitrogen and oxygen atoms in total. The summed E-state index contributed by atoms with van der Waals surface area (Å²) in [5.74, 6) is -0.226. The van der Waals surface area contributed by atoms with Crippen molar-refractivity contribution in [3.63, 3.8) is 0 Å². The Morgan fingerprint density at radius 2 is 1.95 bits per heavy atom. The maximum absolute atomic E-state index is 12.1. The number of rotatable bonds is 4. The van der Waals surface area contributed by atoms with E-state index < -0.39 is 0 Å². The Hall–Kier alpha value is -2.10. The normalized spacial score (nSPS) is 13.0. The second-order valence-electron chi connectivity index (χ2n) is 6.17. The van der Waals surface area contributed by atoms with Crippen LogP contribution in [0.25, 0.3) is 0 Å². The van der Waals surface area contributed by atoms with Crippen LogP contribution in [0, 0.1) is 0 Å². The first kappa shape index (κ1) is 15.3. The molecule has 1 heterocycles. The first-order chi connectivity index (χ1) is 9.91. The Balaban J connectivity index is 2.28. The predicted octanol–water partition coefficient (Wildman–Crippen LogP) is 2.49. The van der Waals surface area contributed by atoms with Gasteiger partial charge in [-0.1, -0.05) is 30.3 Å². The monoisotopic (exact) mass is 287 g/mol. The van der Waals surface area contributed by atoms with E-state index in [1.807, 2.05) is 53.6 Å². The van der Waals surface area contributed by atoms with Crippen LogP contribution < -0.4 is 4.57 Å². The van der Waals surface area contributed by atoms with Gasteiger partial charge in [-0.05, 0) is 26.3 Å². The summed E-state index contributed by atoms with van der Waals surface area (Å²) >= 11 is 0. The average Bonchev–Trinajstić information content (AvgIpc) is 2.94. The Bertz CT molecular complexity index is 597. The molecule has 0 aliphatic carbocycles. The van der Waals surface area contributed by atoms with Crippen molar-refractivity contribution >= 4 is 5.97 Å². The molecule has 0 aliphatic rings. The van der Waals surface area contributed by atoms with Gasteiger partial charge in [-0.3, -0.25) is 0 Å². The van der Waals surface area contributed by atoms with Gasteiger partial charge in [0.25, 0.3) is 0 Å². The van der Waals surface area contributed by atoms with Crippen LogP contribution in [0.5, 0.6) is 0 Å². The molecule has 1 aromatic carbocycles. The first-order valence-corrected chi connectivity index (χ1v) is 7.13. The number of esters is 1. The Morgan fingerprint density at radius 3 is 2.48 bits per heavy atom. The molecule has 2 aromatic rings. The van der Waals surface area contributed by atoms with Gasteiger partial charge in [0.05, 0.1) is 7.11 Å². The summed E-state index contributed by atoms with van der Waals surface area (Å²) in [6.45, 7) is 6.38. The van der Waals surface area contributed by atoms with Crippen molar-refractivity contribution in [1.82, 2.24) is 4.57 Å². The average molecular weight is 287 g/mol. The minimum Gasteiger partial charge on any atom is -0.466 e. The van der Waals surface area contributed by atoms with Gasteiger partial charge in [0.1, 0.15) is 17.9 Å². The highest BCUT2D eigenvalue weighted by Gasteiger charge is 2.28. The van der Waals surface area contributed by atoms with E-state index in [0.717, 1.165) is 5.56 Å². The third-order valence-corrected chi connectivity index (χ3v) is 3.54. The van der Waals surface area contributed by atoms with Crippen LogP contribution >= 0.6 is 0 Å². The van der Waals surface area contributed by atoms with Crippen molar-refractivity contribution in [1.29, 1.82) is 0 Å². The van der Waals surface area contributed by atoms with Gasteiger partial charge in [0.2, 0.25) is 12.4 Å². The molecular formula is C17H23N2O2+. The van der Waals surface area contributed by atoms with E-state index in [2.05, 4.69) is 25.3 Å². The van der Waals surface area contributed by atoms with E-state index in [1.54, 1.807) is 0 Å². The van der Waals surface area contributed by atoms with Crippen molar-refractivity contribution in [2.75, 3.05) is 7.11 Å². The number of carbonyl (C=O) groups excluding carboxylic acids is 1. The van der Waals surface area contributed by atoms with Crippen LogP contribution in [0.1, 0.15) is 32.4 Å². The third kappa shape index (κ3) is 3.72. The van der Waals surface area contributed by atoms with E-state index in [-0.39, 0.29) is 17.6 Å². The fourth-order valence-corrected chi connectivity index (χ4v) is 2.23. The number of ether oxygens (including phenoxy) is 1. The second kappa shape index (κ2) is 6.12. The van der Waals surface area contributed by atoms with Crippen molar-refractivity contribution in [3.8, 4) is 0 Å². The molecule has 112 valence electrons. The number of aromatic nitrogens is 2. The minimum absolute atomic E-state index is 0.0152. The summed E-state index contributed by atoms with van der Waals surface area (Å²) in [5, 5.41) is 0. The van der Waals surface area contributed by atoms with Gasteiger partial charge in [0.15, 0.2) is 0 Å². The number of methoxy groups -OCH3 is 1. The van der Waals surface area contributed by atoms with E-state index >= 15 is 0 Å². The van der Waals surface area contributed by atoms with Crippen LogP contribution in [-0.2, 0) is 21.5 Å². The van der Waals surface area contributed by atoms with E-state index in [0.29, 0.717) is 6.42 Å². The molecule has 0 spiro atoms. The zero-order valence-electron chi connectivity index (χ0n) is 13.1. The van der Waals surface area contributed by atoms with E-state index in [4.69, 9.17) is 4.74 Å². The SMILES string of the molecule is COC(=O)C(Cc1ccccc1)[n+]1ccn(C(C)(C)C)c1. The second-order valence-corrected chi connectivity index (χ2v) is 6.17. The van der Waals surface area contributed by atoms with Crippen molar-refractivity contribution in [2.45, 2.75) is 38.8 Å². The Morgan fingerprint density at radius 1 is 1.29 bits per heavy atom. The van der Waals surface area contributed by atoms with Gasteiger partial charge >= 0.3 is 5.97 Å². The number of hydrogen-bond donors (Lipinski definition) is 0. The van der Waals surface area contributed by atoms with E-state index in [9.17, 15) is 4.79 Å². The van der Waals surface area contributed by atoms with Crippen LogP contribution in [0.4, 0.5) is 0 Å². The molecule has 2 rings (SSSR count). The molecular weight excluding hydrogens is 264 g/mol. The highest BCUT2D eigenvalue weighted by Crippen LogP contribution is 2.14. The first-order valence-electron chi connectivity index (χ1n) is 7.13. The largest absolute Gasteiger partial charge is 0.466 e. The third-order valence-electron chi connectivity index (χ3n) is 3.54. The Labute approximate surface area is 126 Å². The quantitative estimate of drug-likeness (QED) is 0.639. The molecule has 0 saturated carbocycles. The topological polar surface area (TPSA) is 35.1 Å². The molecule has 0 bridgehead atoms. The standard InChI is InChI=1S/C17H23N2O2/c1-17(2,3)19-11-10-18(13-19)15(16(20)21-4)12-14-8-6-5-7-9-14/h5-11,13,15H,12H2,1-4H3/q+1. The molecule has 1 atom stereocenters. The van der Waals surface area contributed by atoms with Gasteiger partial charge in [-0.15, -0.1) is 0 Å². The number of carbonyl (C=O) groups is 1. The summed E-state index contributed by atoms with van der Waals surface area (Å²) in [7, 11) is 1.43. The van der Waals surface area contributed by atoms with Crippen LogP contribution in [0.2, 0.25) is 0 Å². The van der Waals surface area contributed by atoms with Gasteiger partial charge in [0, 0.05) is 6.42 Å². The molecule has 0 amide bonds. The smallest absolute Gasteiger partial charge is 0.351 e. The molecule has 0 radical (unpaired) electrons. The lowest BCUT2D eigenvalue weighted by molar-refractivity contribution is -0.710. The highest BCUT2D eigenvalue weighted by molar-refractivity contribution is 5.72. The van der Waals surface area contributed by atoms with Crippen LogP contribution in [-0.4, -0.2) is 17.6 Å².